The quantitative estimate of drug-likeness (QED) is 0.832. The fourth-order valence-electron chi connectivity index (χ4n) is 3.67. The molecule has 1 N–H and O–H groups in total. The third kappa shape index (κ3) is 4.06. The van der Waals surface area contributed by atoms with Gasteiger partial charge < -0.3 is 24.4 Å². The van der Waals surface area contributed by atoms with Crippen molar-refractivity contribution in [3.05, 3.63) is 48.0 Å². The fraction of sp³-hybridized carbons (Fsp3) is 0.364. The first-order valence-corrected chi connectivity index (χ1v) is 9.39. The third-order valence-corrected chi connectivity index (χ3v) is 5.36. The van der Waals surface area contributed by atoms with Crippen LogP contribution in [-0.2, 0) is 5.41 Å². The zero-order valence-corrected chi connectivity index (χ0v) is 16.9. The van der Waals surface area contributed by atoms with Crippen molar-refractivity contribution in [1.82, 2.24) is 4.90 Å². The Morgan fingerprint density at radius 3 is 2.10 bits per heavy atom. The molecule has 2 aromatic rings. The molecule has 1 aliphatic rings. The van der Waals surface area contributed by atoms with Gasteiger partial charge in [0, 0.05) is 25.2 Å². The molecule has 0 spiro atoms. The molecule has 0 bridgehead atoms. The van der Waals surface area contributed by atoms with Crippen molar-refractivity contribution in [3.63, 3.8) is 0 Å². The number of hydrogen-bond donors (Lipinski definition) is 1. The molecular formula is C22H25N3O4. The zero-order valence-electron chi connectivity index (χ0n) is 16.9. The second-order valence-corrected chi connectivity index (χ2v) is 6.89. The normalized spacial score (nSPS) is 15.2. The molecular weight excluding hydrogens is 370 g/mol. The molecule has 0 aliphatic carbocycles. The summed E-state index contributed by atoms with van der Waals surface area (Å²) in [6.07, 6.45) is 1.19. The number of methoxy groups -OCH3 is 3. The Hall–Kier alpha value is -3.40. The monoisotopic (exact) mass is 395 g/mol. The number of nitriles is 1. The number of nitrogens with one attached hydrogen (secondary N) is 1. The highest BCUT2D eigenvalue weighted by molar-refractivity contribution is 5.90. The fourth-order valence-corrected chi connectivity index (χ4v) is 3.67. The van der Waals surface area contributed by atoms with Gasteiger partial charge in [-0.05, 0) is 18.4 Å². The summed E-state index contributed by atoms with van der Waals surface area (Å²) in [6.45, 7) is 0.997. The number of ether oxygens (including phenoxy) is 3. The molecule has 0 atom stereocenters. The number of piperidine rings is 1. The third-order valence-electron chi connectivity index (χ3n) is 5.36. The van der Waals surface area contributed by atoms with Crippen molar-refractivity contribution in [3.8, 4) is 23.3 Å². The lowest BCUT2D eigenvalue weighted by Gasteiger charge is -2.37. The van der Waals surface area contributed by atoms with E-state index in [0.717, 1.165) is 5.56 Å². The van der Waals surface area contributed by atoms with Crippen LogP contribution < -0.4 is 19.5 Å². The molecule has 152 valence electrons. The van der Waals surface area contributed by atoms with E-state index in [1.54, 1.807) is 17.0 Å². The Bertz CT molecular complexity index is 875. The van der Waals surface area contributed by atoms with Gasteiger partial charge in [0.05, 0.1) is 38.5 Å². The Labute approximate surface area is 170 Å². The first-order valence-electron chi connectivity index (χ1n) is 9.39. The SMILES string of the molecule is COc1cc(NC(=O)N2CCC(C#N)(c3ccccc3)CC2)cc(OC)c1OC. The van der Waals surface area contributed by atoms with Gasteiger partial charge in [-0.1, -0.05) is 30.3 Å². The van der Waals surface area contributed by atoms with E-state index in [4.69, 9.17) is 14.2 Å². The summed E-state index contributed by atoms with van der Waals surface area (Å²) in [5.41, 5.74) is 1.00. The molecule has 7 heteroatoms. The van der Waals surface area contributed by atoms with Crippen LogP contribution in [0.4, 0.5) is 10.5 Å². The summed E-state index contributed by atoms with van der Waals surface area (Å²) >= 11 is 0. The van der Waals surface area contributed by atoms with E-state index in [1.165, 1.54) is 21.3 Å². The van der Waals surface area contributed by atoms with E-state index in [1.807, 2.05) is 30.3 Å². The lowest BCUT2D eigenvalue weighted by atomic mass is 9.74. The topological polar surface area (TPSA) is 83.8 Å². The highest BCUT2D eigenvalue weighted by Crippen LogP contribution is 2.40. The van der Waals surface area contributed by atoms with Crippen LogP contribution in [0.25, 0.3) is 0 Å². The average Bonchev–Trinajstić information content (AvgIpc) is 2.78. The van der Waals surface area contributed by atoms with Gasteiger partial charge in [-0.25, -0.2) is 4.79 Å². The van der Waals surface area contributed by atoms with Crippen LogP contribution in [0.15, 0.2) is 42.5 Å². The molecule has 1 saturated heterocycles. The number of hydrogen-bond acceptors (Lipinski definition) is 5. The van der Waals surface area contributed by atoms with Crippen molar-refractivity contribution >= 4 is 11.7 Å². The number of rotatable bonds is 5. The van der Waals surface area contributed by atoms with Crippen LogP contribution >= 0.6 is 0 Å². The van der Waals surface area contributed by atoms with Crippen molar-refractivity contribution in [1.29, 1.82) is 5.26 Å². The summed E-state index contributed by atoms with van der Waals surface area (Å²) in [5, 5.41) is 12.7. The summed E-state index contributed by atoms with van der Waals surface area (Å²) in [5.74, 6) is 1.40. The van der Waals surface area contributed by atoms with Crippen LogP contribution in [0.3, 0.4) is 0 Å². The van der Waals surface area contributed by atoms with Gasteiger partial charge in [0.2, 0.25) is 5.75 Å². The van der Waals surface area contributed by atoms with Crippen LogP contribution in [0.1, 0.15) is 18.4 Å². The minimum Gasteiger partial charge on any atom is -0.493 e. The molecule has 0 unspecified atom stereocenters. The zero-order chi connectivity index (χ0) is 20.9. The van der Waals surface area contributed by atoms with Crippen molar-refractivity contribution < 1.29 is 19.0 Å². The van der Waals surface area contributed by atoms with Gasteiger partial charge in [0.15, 0.2) is 11.5 Å². The molecule has 0 radical (unpaired) electrons. The number of likely N-dealkylation sites (tertiary alicyclic amines) is 1. The van der Waals surface area contributed by atoms with Crippen molar-refractivity contribution in [2.45, 2.75) is 18.3 Å². The Kier molecular flexibility index (Phi) is 6.13. The second-order valence-electron chi connectivity index (χ2n) is 6.89. The Balaban J connectivity index is 1.71. The predicted octanol–water partition coefficient (Wildman–Crippen LogP) is 3.80. The number of urea groups is 1. The lowest BCUT2D eigenvalue weighted by Crippen LogP contribution is -2.46. The average molecular weight is 395 g/mol. The number of carbonyl (C=O) groups is 1. The maximum absolute atomic E-state index is 12.8. The van der Waals surface area contributed by atoms with E-state index >= 15 is 0 Å². The Morgan fingerprint density at radius 1 is 1.03 bits per heavy atom. The van der Waals surface area contributed by atoms with E-state index < -0.39 is 5.41 Å². The van der Waals surface area contributed by atoms with E-state index in [0.29, 0.717) is 48.9 Å². The van der Waals surface area contributed by atoms with E-state index in [9.17, 15) is 10.1 Å². The molecule has 29 heavy (non-hydrogen) atoms. The van der Waals surface area contributed by atoms with Gasteiger partial charge in [-0.2, -0.15) is 5.26 Å². The largest absolute Gasteiger partial charge is 0.493 e. The molecule has 2 amide bonds. The first-order chi connectivity index (χ1) is 14.1. The van der Waals surface area contributed by atoms with Gasteiger partial charge in [-0.3, -0.25) is 0 Å². The van der Waals surface area contributed by atoms with Gasteiger partial charge in [0.1, 0.15) is 0 Å². The number of anilines is 1. The van der Waals surface area contributed by atoms with Crippen LogP contribution in [0.2, 0.25) is 0 Å². The maximum atomic E-state index is 12.8. The van der Waals surface area contributed by atoms with E-state index in [-0.39, 0.29) is 6.03 Å². The Morgan fingerprint density at radius 2 is 1.62 bits per heavy atom. The van der Waals surface area contributed by atoms with Crippen LogP contribution in [-0.4, -0.2) is 45.3 Å². The molecule has 1 fully saturated rings. The molecule has 3 rings (SSSR count). The van der Waals surface area contributed by atoms with Crippen molar-refractivity contribution in [2.75, 3.05) is 39.7 Å². The summed E-state index contributed by atoms with van der Waals surface area (Å²) in [7, 11) is 4.58. The number of amides is 2. The standard InChI is InChI=1S/C22H25N3O4/c1-27-18-13-17(14-19(28-2)20(18)29-3)24-21(26)25-11-9-22(15-23,10-12-25)16-7-5-4-6-8-16/h4-8,13-14H,9-12H2,1-3H3,(H,24,26). The van der Waals surface area contributed by atoms with Gasteiger partial charge in [0.25, 0.3) is 0 Å². The second kappa shape index (κ2) is 8.74. The molecule has 0 aromatic heterocycles. The van der Waals surface area contributed by atoms with E-state index in [2.05, 4.69) is 11.4 Å². The minimum absolute atomic E-state index is 0.223. The number of benzene rings is 2. The smallest absolute Gasteiger partial charge is 0.321 e. The first kappa shape index (κ1) is 20.3. The molecule has 0 saturated carbocycles. The van der Waals surface area contributed by atoms with Gasteiger partial charge >= 0.3 is 6.03 Å². The van der Waals surface area contributed by atoms with Crippen LogP contribution in [0.5, 0.6) is 17.2 Å². The molecule has 2 aromatic carbocycles. The molecule has 1 heterocycles. The molecule has 7 nitrogen and oxygen atoms in total. The highest BCUT2D eigenvalue weighted by Gasteiger charge is 2.37. The minimum atomic E-state index is -0.551. The summed E-state index contributed by atoms with van der Waals surface area (Å²) in [4.78, 5) is 14.5. The highest BCUT2D eigenvalue weighted by atomic mass is 16.5. The summed E-state index contributed by atoms with van der Waals surface area (Å²) < 4.78 is 16.0. The number of carbonyl (C=O) groups excluding carboxylic acids is 1. The maximum Gasteiger partial charge on any atom is 0.321 e. The lowest BCUT2D eigenvalue weighted by molar-refractivity contribution is 0.183. The van der Waals surface area contributed by atoms with Crippen LogP contribution in [0, 0.1) is 11.3 Å². The molecule has 1 aliphatic heterocycles. The predicted molar refractivity (Wildman–Crippen MR) is 110 cm³/mol. The van der Waals surface area contributed by atoms with Gasteiger partial charge in [-0.15, -0.1) is 0 Å². The number of nitrogens with zero attached hydrogens (tertiary/aromatic N) is 2. The van der Waals surface area contributed by atoms with Crippen molar-refractivity contribution in [2.24, 2.45) is 0 Å². The summed E-state index contributed by atoms with van der Waals surface area (Å²) in [6, 6.07) is 15.4.